The van der Waals surface area contributed by atoms with Crippen LogP contribution in [-0.4, -0.2) is 16.1 Å². The Morgan fingerprint density at radius 2 is 2.00 bits per heavy atom. The van der Waals surface area contributed by atoms with Crippen LogP contribution in [0.2, 0.25) is 0 Å². The largest absolute Gasteiger partial charge is 0.408 e. The molecule has 0 unspecified atom stereocenters. The van der Waals surface area contributed by atoms with E-state index in [1.807, 2.05) is 13.8 Å². The van der Waals surface area contributed by atoms with Crippen LogP contribution in [-0.2, 0) is 4.79 Å². The zero-order valence-electron chi connectivity index (χ0n) is 11.0. The first-order valence-corrected chi connectivity index (χ1v) is 6.10. The molecule has 0 atom stereocenters. The van der Waals surface area contributed by atoms with Crippen LogP contribution in [0.25, 0.3) is 0 Å². The highest BCUT2D eigenvalue weighted by Crippen LogP contribution is 2.30. The van der Waals surface area contributed by atoms with E-state index in [-0.39, 0.29) is 11.9 Å². The third kappa shape index (κ3) is 3.06. The molecule has 0 saturated heterocycles. The zero-order valence-corrected chi connectivity index (χ0v) is 11.0. The van der Waals surface area contributed by atoms with Gasteiger partial charge in [0, 0.05) is 6.92 Å². The molecule has 98 valence electrons. The van der Waals surface area contributed by atoms with Crippen LogP contribution in [0, 0.1) is 23.7 Å². The molecule has 0 spiro atoms. The van der Waals surface area contributed by atoms with E-state index in [4.69, 9.17) is 4.42 Å². The summed E-state index contributed by atoms with van der Waals surface area (Å²) in [6.07, 6.45) is 2.58. The van der Waals surface area contributed by atoms with Gasteiger partial charge < -0.3 is 4.42 Å². The SMILES string of the molecule is CCCC(C#N)(CCC)C(=O)Nc1nnc(C)o1. The standard InChI is InChI=1S/C12H18N4O2/c1-4-6-12(8-13,7-5-2)10(17)14-11-16-15-9(3)18-11/h4-7H2,1-3H3,(H,14,16,17). The maximum atomic E-state index is 12.2. The Morgan fingerprint density at radius 1 is 1.39 bits per heavy atom. The number of hydrogen-bond acceptors (Lipinski definition) is 5. The van der Waals surface area contributed by atoms with Crippen LogP contribution in [0.15, 0.2) is 4.42 Å². The summed E-state index contributed by atoms with van der Waals surface area (Å²) in [6, 6.07) is 2.19. The van der Waals surface area contributed by atoms with Crippen LogP contribution in [0.5, 0.6) is 0 Å². The minimum absolute atomic E-state index is 0.0457. The van der Waals surface area contributed by atoms with Crippen LogP contribution < -0.4 is 5.32 Å². The molecule has 0 aromatic carbocycles. The lowest BCUT2D eigenvalue weighted by atomic mass is 9.80. The van der Waals surface area contributed by atoms with Crippen molar-refractivity contribution in [3.8, 4) is 6.07 Å². The highest BCUT2D eigenvalue weighted by molar-refractivity contribution is 5.95. The number of aryl methyl sites for hydroxylation is 1. The number of nitrogens with one attached hydrogen (secondary N) is 1. The van der Waals surface area contributed by atoms with Gasteiger partial charge in [0.2, 0.25) is 11.8 Å². The van der Waals surface area contributed by atoms with Gasteiger partial charge in [-0.15, -0.1) is 5.10 Å². The van der Waals surface area contributed by atoms with Gasteiger partial charge in [0.25, 0.3) is 0 Å². The number of rotatable bonds is 6. The Hall–Kier alpha value is -1.90. The Bertz CT molecular complexity index is 441. The van der Waals surface area contributed by atoms with E-state index in [1.54, 1.807) is 6.92 Å². The third-order valence-electron chi connectivity index (χ3n) is 2.75. The summed E-state index contributed by atoms with van der Waals surface area (Å²) < 4.78 is 5.09. The van der Waals surface area contributed by atoms with Gasteiger partial charge >= 0.3 is 6.01 Å². The van der Waals surface area contributed by atoms with Crippen molar-refractivity contribution in [3.63, 3.8) is 0 Å². The van der Waals surface area contributed by atoms with Crippen molar-refractivity contribution in [3.05, 3.63) is 5.89 Å². The van der Waals surface area contributed by atoms with Gasteiger partial charge in [0.1, 0.15) is 5.41 Å². The summed E-state index contributed by atoms with van der Waals surface area (Å²) >= 11 is 0. The minimum atomic E-state index is -1.01. The summed E-state index contributed by atoms with van der Waals surface area (Å²) in [5, 5.41) is 19.2. The quantitative estimate of drug-likeness (QED) is 0.837. The van der Waals surface area contributed by atoms with Crippen LogP contribution in [0.1, 0.15) is 45.4 Å². The summed E-state index contributed by atoms with van der Waals surface area (Å²) in [4.78, 5) is 12.2. The Labute approximate surface area is 106 Å². The lowest BCUT2D eigenvalue weighted by molar-refractivity contribution is -0.123. The van der Waals surface area contributed by atoms with Crippen molar-refractivity contribution in [1.82, 2.24) is 10.2 Å². The van der Waals surface area contributed by atoms with Gasteiger partial charge in [-0.25, -0.2) is 0 Å². The van der Waals surface area contributed by atoms with Crippen molar-refractivity contribution in [2.24, 2.45) is 5.41 Å². The number of hydrogen-bond donors (Lipinski definition) is 1. The zero-order chi connectivity index (χ0) is 13.6. The molecule has 0 aliphatic rings. The molecule has 6 nitrogen and oxygen atoms in total. The molecule has 0 saturated carbocycles. The number of aromatic nitrogens is 2. The average Bonchev–Trinajstić information content (AvgIpc) is 2.74. The lowest BCUT2D eigenvalue weighted by Crippen LogP contribution is -2.35. The Morgan fingerprint density at radius 3 is 2.39 bits per heavy atom. The molecule has 1 aromatic rings. The molecule has 0 fully saturated rings. The van der Waals surface area contributed by atoms with E-state index in [2.05, 4.69) is 21.6 Å². The maximum absolute atomic E-state index is 12.2. The van der Waals surface area contributed by atoms with E-state index in [0.717, 1.165) is 12.8 Å². The summed E-state index contributed by atoms with van der Waals surface area (Å²) in [5.74, 6) is 0.0104. The fraction of sp³-hybridized carbons (Fsp3) is 0.667. The van der Waals surface area contributed by atoms with E-state index in [0.29, 0.717) is 18.7 Å². The van der Waals surface area contributed by atoms with Crippen LogP contribution in [0.3, 0.4) is 0 Å². The lowest BCUT2D eigenvalue weighted by Gasteiger charge is -2.23. The first kappa shape index (κ1) is 14.2. The van der Waals surface area contributed by atoms with Gasteiger partial charge in [0.15, 0.2) is 0 Å². The van der Waals surface area contributed by atoms with Gasteiger partial charge in [-0.3, -0.25) is 10.1 Å². The van der Waals surface area contributed by atoms with Crippen molar-refractivity contribution in [2.75, 3.05) is 5.32 Å². The van der Waals surface area contributed by atoms with Crippen molar-refractivity contribution in [1.29, 1.82) is 5.26 Å². The second kappa shape index (κ2) is 6.15. The molecule has 1 heterocycles. The third-order valence-corrected chi connectivity index (χ3v) is 2.75. The number of nitriles is 1. The van der Waals surface area contributed by atoms with Gasteiger partial charge in [-0.2, -0.15) is 5.26 Å². The maximum Gasteiger partial charge on any atom is 0.322 e. The molecule has 1 amide bonds. The normalized spacial score (nSPS) is 11.0. The highest BCUT2D eigenvalue weighted by atomic mass is 16.4. The fourth-order valence-corrected chi connectivity index (χ4v) is 1.93. The van der Waals surface area contributed by atoms with Crippen LogP contribution in [0.4, 0.5) is 6.01 Å². The molecule has 18 heavy (non-hydrogen) atoms. The molecule has 0 bridgehead atoms. The second-order valence-corrected chi connectivity index (χ2v) is 4.27. The molecule has 0 aliphatic heterocycles. The van der Waals surface area contributed by atoms with Crippen molar-refractivity contribution < 1.29 is 9.21 Å². The predicted octanol–water partition coefficient (Wildman–Crippen LogP) is 2.43. The van der Waals surface area contributed by atoms with Gasteiger partial charge in [-0.1, -0.05) is 31.8 Å². The molecular formula is C12H18N4O2. The van der Waals surface area contributed by atoms with E-state index >= 15 is 0 Å². The minimum Gasteiger partial charge on any atom is -0.408 e. The topological polar surface area (TPSA) is 91.8 Å². The summed E-state index contributed by atoms with van der Waals surface area (Å²) in [7, 11) is 0. The smallest absolute Gasteiger partial charge is 0.322 e. The predicted molar refractivity (Wildman–Crippen MR) is 65.5 cm³/mol. The molecule has 0 aliphatic carbocycles. The van der Waals surface area contributed by atoms with Crippen molar-refractivity contribution in [2.45, 2.75) is 46.5 Å². The van der Waals surface area contributed by atoms with Crippen LogP contribution >= 0.6 is 0 Å². The molecule has 1 N–H and O–H groups in total. The molecule has 6 heteroatoms. The first-order valence-electron chi connectivity index (χ1n) is 6.10. The molecule has 0 radical (unpaired) electrons. The average molecular weight is 250 g/mol. The van der Waals surface area contributed by atoms with E-state index in [1.165, 1.54) is 0 Å². The highest BCUT2D eigenvalue weighted by Gasteiger charge is 2.37. The number of anilines is 1. The molecule has 1 aromatic heterocycles. The molecule has 1 rings (SSSR count). The Balaban J connectivity index is 2.85. The second-order valence-electron chi connectivity index (χ2n) is 4.27. The molecular weight excluding hydrogens is 232 g/mol. The fourth-order valence-electron chi connectivity index (χ4n) is 1.93. The van der Waals surface area contributed by atoms with Gasteiger partial charge in [-0.05, 0) is 12.8 Å². The number of amides is 1. The van der Waals surface area contributed by atoms with Gasteiger partial charge in [0.05, 0.1) is 6.07 Å². The Kier molecular flexibility index (Phi) is 4.84. The van der Waals surface area contributed by atoms with E-state index in [9.17, 15) is 10.1 Å². The number of nitrogens with zero attached hydrogens (tertiary/aromatic N) is 3. The monoisotopic (exact) mass is 250 g/mol. The van der Waals surface area contributed by atoms with Crippen molar-refractivity contribution >= 4 is 11.9 Å². The van der Waals surface area contributed by atoms with E-state index < -0.39 is 5.41 Å². The number of carbonyl (C=O) groups is 1. The number of carbonyl (C=O) groups excluding carboxylic acids is 1. The summed E-state index contributed by atoms with van der Waals surface area (Å²) in [6.45, 7) is 5.54. The summed E-state index contributed by atoms with van der Waals surface area (Å²) in [5.41, 5.74) is -1.01. The first-order chi connectivity index (χ1) is 8.57.